The maximum absolute atomic E-state index is 13.0. The fraction of sp³-hybridized carbons (Fsp3) is 0.0500. The molecular formula is C20H13NO3. The number of carbonyl (C=O) groups excluding carboxylic acids is 2. The molecule has 0 fully saturated rings. The van der Waals surface area contributed by atoms with E-state index < -0.39 is 0 Å². The van der Waals surface area contributed by atoms with Gasteiger partial charge < -0.3 is 4.74 Å². The highest BCUT2D eigenvalue weighted by Gasteiger charge is 2.33. The zero-order chi connectivity index (χ0) is 16.7. The topological polar surface area (TPSA) is 56.3 Å². The molecule has 1 aliphatic rings. The summed E-state index contributed by atoms with van der Waals surface area (Å²) in [5, 5.41) is 0. The predicted octanol–water partition coefficient (Wildman–Crippen LogP) is 3.53. The minimum atomic E-state index is -0.225. The molecule has 0 spiro atoms. The van der Waals surface area contributed by atoms with Crippen molar-refractivity contribution in [1.82, 2.24) is 4.98 Å². The third-order valence-electron chi connectivity index (χ3n) is 4.21. The van der Waals surface area contributed by atoms with Crippen molar-refractivity contribution < 1.29 is 14.3 Å². The lowest BCUT2D eigenvalue weighted by Gasteiger charge is -2.20. The zero-order valence-electron chi connectivity index (χ0n) is 12.9. The van der Waals surface area contributed by atoms with Crippen LogP contribution in [-0.2, 0) is 0 Å². The number of rotatable bonds is 2. The van der Waals surface area contributed by atoms with Gasteiger partial charge in [0.2, 0.25) is 5.78 Å². The molecule has 0 radical (unpaired) electrons. The maximum Gasteiger partial charge on any atom is 0.212 e. The quantitative estimate of drug-likeness (QED) is 0.568. The fourth-order valence-corrected chi connectivity index (χ4v) is 3.10. The average molecular weight is 315 g/mol. The number of ketones is 2. The van der Waals surface area contributed by atoms with Crippen LogP contribution in [-0.4, -0.2) is 23.7 Å². The van der Waals surface area contributed by atoms with Gasteiger partial charge in [0.15, 0.2) is 5.78 Å². The lowest BCUT2D eigenvalue weighted by Crippen LogP contribution is -2.23. The van der Waals surface area contributed by atoms with Crippen LogP contribution in [0.15, 0.2) is 60.8 Å². The normalized spacial score (nSPS) is 12.5. The van der Waals surface area contributed by atoms with Gasteiger partial charge in [0.05, 0.1) is 12.7 Å². The molecule has 0 atom stereocenters. The first-order valence-electron chi connectivity index (χ1n) is 7.53. The van der Waals surface area contributed by atoms with Crippen molar-refractivity contribution in [2.45, 2.75) is 0 Å². The molecule has 0 amide bonds. The van der Waals surface area contributed by atoms with Gasteiger partial charge in [-0.25, -0.2) is 0 Å². The molecule has 1 heterocycles. The van der Waals surface area contributed by atoms with E-state index in [-0.39, 0.29) is 17.3 Å². The van der Waals surface area contributed by atoms with Crippen molar-refractivity contribution in [3.63, 3.8) is 0 Å². The molecule has 0 N–H and O–H groups in total. The first-order chi connectivity index (χ1) is 11.7. The smallest absolute Gasteiger partial charge is 0.212 e. The Morgan fingerprint density at radius 2 is 1.38 bits per heavy atom. The molecule has 4 rings (SSSR count). The van der Waals surface area contributed by atoms with E-state index in [2.05, 4.69) is 4.98 Å². The summed E-state index contributed by atoms with van der Waals surface area (Å²) in [7, 11) is 1.58. The Bertz CT molecular complexity index is 992. The number of carbonyl (C=O) groups is 2. The van der Waals surface area contributed by atoms with Crippen molar-refractivity contribution in [2.24, 2.45) is 0 Å². The van der Waals surface area contributed by atoms with Gasteiger partial charge in [-0.3, -0.25) is 14.6 Å². The standard InChI is InChI=1S/C20H13NO3/c1-24-16-9-5-4-6-12(16)13-10-11-21-18-17(13)19(22)14-7-2-3-8-15(14)20(18)23/h2-11H,1H3. The van der Waals surface area contributed by atoms with Gasteiger partial charge >= 0.3 is 0 Å². The Labute approximate surface area is 138 Å². The average Bonchev–Trinajstić information content (AvgIpc) is 2.65. The summed E-state index contributed by atoms with van der Waals surface area (Å²) in [6, 6.07) is 16.0. The van der Waals surface area contributed by atoms with Crippen LogP contribution in [0.4, 0.5) is 0 Å². The van der Waals surface area contributed by atoms with Crippen LogP contribution in [0.25, 0.3) is 11.1 Å². The van der Waals surface area contributed by atoms with E-state index in [0.29, 0.717) is 28.0 Å². The Morgan fingerprint density at radius 3 is 2.08 bits per heavy atom. The molecule has 0 aliphatic heterocycles. The van der Waals surface area contributed by atoms with Gasteiger partial charge in [-0.05, 0) is 12.1 Å². The number of hydrogen-bond donors (Lipinski definition) is 0. The van der Waals surface area contributed by atoms with E-state index in [1.165, 1.54) is 0 Å². The number of pyridine rings is 1. The molecule has 1 aliphatic carbocycles. The second-order valence-corrected chi connectivity index (χ2v) is 5.49. The van der Waals surface area contributed by atoms with Crippen LogP contribution in [0.3, 0.4) is 0 Å². The summed E-state index contributed by atoms with van der Waals surface area (Å²) in [6.07, 6.45) is 1.56. The summed E-state index contributed by atoms with van der Waals surface area (Å²) in [5.74, 6) is 0.233. The second-order valence-electron chi connectivity index (χ2n) is 5.49. The SMILES string of the molecule is COc1ccccc1-c1ccnc2c1C(=O)c1ccccc1C2=O. The highest BCUT2D eigenvalue weighted by atomic mass is 16.5. The van der Waals surface area contributed by atoms with Crippen LogP contribution < -0.4 is 4.74 Å². The number of para-hydroxylation sites is 1. The number of hydrogen-bond acceptors (Lipinski definition) is 4. The summed E-state index contributed by atoms with van der Waals surface area (Å²) in [4.78, 5) is 29.9. The van der Waals surface area contributed by atoms with Gasteiger partial charge in [0.1, 0.15) is 11.4 Å². The lowest BCUT2D eigenvalue weighted by atomic mass is 9.83. The van der Waals surface area contributed by atoms with E-state index in [0.717, 1.165) is 5.56 Å². The number of methoxy groups -OCH3 is 1. The van der Waals surface area contributed by atoms with Gasteiger partial charge in [0, 0.05) is 28.5 Å². The predicted molar refractivity (Wildman–Crippen MR) is 89.5 cm³/mol. The van der Waals surface area contributed by atoms with Crippen molar-refractivity contribution in [3.05, 3.63) is 83.2 Å². The van der Waals surface area contributed by atoms with Gasteiger partial charge in [-0.2, -0.15) is 0 Å². The minimum absolute atomic E-state index is 0.186. The van der Waals surface area contributed by atoms with Crippen LogP contribution in [0, 0.1) is 0 Å². The molecule has 4 heteroatoms. The number of nitrogens with zero attached hydrogens (tertiary/aromatic N) is 1. The molecule has 0 unspecified atom stereocenters. The number of aromatic nitrogens is 1. The number of fused-ring (bicyclic) bond motifs is 2. The first-order valence-corrected chi connectivity index (χ1v) is 7.53. The van der Waals surface area contributed by atoms with Gasteiger partial charge in [0.25, 0.3) is 0 Å². The van der Waals surface area contributed by atoms with Crippen molar-refractivity contribution in [2.75, 3.05) is 7.11 Å². The highest BCUT2D eigenvalue weighted by Crippen LogP contribution is 2.37. The summed E-state index contributed by atoms with van der Waals surface area (Å²) >= 11 is 0. The third-order valence-corrected chi connectivity index (χ3v) is 4.21. The van der Waals surface area contributed by atoms with Crippen LogP contribution in [0.5, 0.6) is 5.75 Å². The van der Waals surface area contributed by atoms with E-state index >= 15 is 0 Å². The molecule has 0 saturated carbocycles. The van der Waals surface area contributed by atoms with Crippen molar-refractivity contribution in [3.8, 4) is 16.9 Å². The fourth-order valence-electron chi connectivity index (χ4n) is 3.10. The van der Waals surface area contributed by atoms with E-state index in [1.54, 1.807) is 43.6 Å². The largest absolute Gasteiger partial charge is 0.496 e. The summed E-state index contributed by atoms with van der Waals surface area (Å²) in [5.41, 5.74) is 2.77. The van der Waals surface area contributed by atoms with E-state index in [4.69, 9.17) is 4.74 Å². The van der Waals surface area contributed by atoms with Crippen molar-refractivity contribution in [1.29, 1.82) is 0 Å². The van der Waals surface area contributed by atoms with Crippen LogP contribution in [0.1, 0.15) is 32.0 Å². The zero-order valence-corrected chi connectivity index (χ0v) is 12.9. The number of benzene rings is 2. The highest BCUT2D eigenvalue weighted by molar-refractivity contribution is 6.29. The molecule has 0 bridgehead atoms. The summed E-state index contributed by atoms with van der Waals surface area (Å²) in [6.45, 7) is 0. The van der Waals surface area contributed by atoms with Gasteiger partial charge in [-0.15, -0.1) is 0 Å². The number of ether oxygens (including phenoxy) is 1. The molecule has 24 heavy (non-hydrogen) atoms. The molecular weight excluding hydrogens is 302 g/mol. The van der Waals surface area contributed by atoms with Crippen LogP contribution >= 0.6 is 0 Å². The summed E-state index contributed by atoms with van der Waals surface area (Å²) < 4.78 is 5.41. The molecule has 116 valence electrons. The Kier molecular flexibility index (Phi) is 3.24. The maximum atomic E-state index is 13.0. The monoisotopic (exact) mass is 315 g/mol. The Balaban J connectivity index is 2.02. The Hall–Kier alpha value is -3.27. The molecule has 2 aromatic carbocycles. The third kappa shape index (κ3) is 1.97. The first kappa shape index (κ1) is 14.3. The molecule has 4 nitrogen and oxygen atoms in total. The van der Waals surface area contributed by atoms with E-state index in [9.17, 15) is 9.59 Å². The molecule has 1 aromatic heterocycles. The van der Waals surface area contributed by atoms with Gasteiger partial charge in [-0.1, -0.05) is 42.5 Å². The van der Waals surface area contributed by atoms with Crippen molar-refractivity contribution >= 4 is 11.6 Å². The molecule has 0 saturated heterocycles. The second kappa shape index (κ2) is 5.42. The van der Waals surface area contributed by atoms with E-state index in [1.807, 2.05) is 24.3 Å². The molecule has 3 aromatic rings. The Morgan fingerprint density at radius 1 is 0.750 bits per heavy atom. The lowest BCUT2D eigenvalue weighted by molar-refractivity contribution is 0.0976. The minimum Gasteiger partial charge on any atom is -0.496 e. The van der Waals surface area contributed by atoms with Crippen LogP contribution in [0.2, 0.25) is 0 Å².